The summed E-state index contributed by atoms with van der Waals surface area (Å²) in [5.74, 6) is -0.795. The van der Waals surface area contributed by atoms with E-state index in [0.717, 1.165) is 11.6 Å². The van der Waals surface area contributed by atoms with Crippen molar-refractivity contribution in [2.45, 2.75) is 12.4 Å². The van der Waals surface area contributed by atoms with Gasteiger partial charge in [-0.3, -0.25) is 4.68 Å². The molecule has 0 atom stereocenters. The van der Waals surface area contributed by atoms with Crippen LogP contribution in [0.4, 0.5) is 8.78 Å². The van der Waals surface area contributed by atoms with Gasteiger partial charge in [-0.05, 0) is 17.7 Å². The van der Waals surface area contributed by atoms with Crippen molar-refractivity contribution in [3.05, 3.63) is 53.4 Å². The third-order valence-electron chi connectivity index (χ3n) is 2.11. The molecule has 1 aromatic heterocycles. The lowest BCUT2D eigenvalue weighted by atomic mass is 10.2. The van der Waals surface area contributed by atoms with E-state index < -0.39 is 11.6 Å². The topological polar surface area (TPSA) is 17.8 Å². The average Bonchev–Trinajstić information content (AvgIpc) is 2.64. The van der Waals surface area contributed by atoms with E-state index in [9.17, 15) is 8.78 Å². The van der Waals surface area contributed by atoms with E-state index in [1.807, 2.05) is 0 Å². The fraction of sp³-hybridized carbons (Fsp3) is 0.182. The number of rotatable bonds is 3. The van der Waals surface area contributed by atoms with Crippen molar-refractivity contribution in [1.29, 1.82) is 0 Å². The Kier molecular flexibility index (Phi) is 3.19. The first-order chi connectivity index (χ1) is 7.67. The summed E-state index contributed by atoms with van der Waals surface area (Å²) in [6.07, 6.45) is 3.37. The smallest absolute Gasteiger partial charge is 0.126 e. The normalized spacial score (nSPS) is 10.7. The Labute approximate surface area is 96.5 Å². The third kappa shape index (κ3) is 2.58. The largest absolute Gasteiger partial charge is 0.268 e. The highest BCUT2D eigenvalue weighted by atomic mass is 35.5. The number of nitrogens with zero attached hydrogens (tertiary/aromatic N) is 2. The molecule has 2 aromatic rings. The molecule has 0 N–H and O–H groups in total. The summed E-state index contributed by atoms with van der Waals surface area (Å²) in [5.41, 5.74) is 1.40. The van der Waals surface area contributed by atoms with E-state index >= 15 is 0 Å². The molecule has 2 nitrogen and oxygen atoms in total. The first kappa shape index (κ1) is 11.1. The molecule has 0 aliphatic rings. The number of hydrogen-bond donors (Lipinski definition) is 0. The molecule has 0 saturated carbocycles. The number of benzene rings is 1. The Morgan fingerprint density at radius 3 is 2.38 bits per heavy atom. The van der Waals surface area contributed by atoms with Crippen LogP contribution in [-0.4, -0.2) is 9.78 Å². The molecule has 0 spiro atoms. The van der Waals surface area contributed by atoms with Crippen molar-refractivity contribution in [2.24, 2.45) is 0 Å². The molecule has 0 unspecified atom stereocenters. The van der Waals surface area contributed by atoms with Gasteiger partial charge in [0.2, 0.25) is 0 Å². The fourth-order valence-corrected chi connectivity index (χ4v) is 1.59. The van der Waals surface area contributed by atoms with E-state index in [0.29, 0.717) is 18.0 Å². The van der Waals surface area contributed by atoms with Gasteiger partial charge in [-0.1, -0.05) is 0 Å². The number of hydrogen-bond acceptors (Lipinski definition) is 1. The Morgan fingerprint density at radius 1 is 1.12 bits per heavy atom. The zero-order valence-electron chi connectivity index (χ0n) is 8.33. The van der Waals surface area contributed by atoms with E-state index in [1.54, 1.807) is 17.1 Å². The van der Waals surface area contributed by atoms with Crippen LogP contribution in [0.1, 0.15) is 11.1 Å². The van der Waals surface area contributed by atoms with Crippen LogP contribution >= 0.6 is 11.6 Å². The zero-order chi connectivity index (χ0) is 11.5. The zero-order valence-corrected chi connectivity index (χ0v) is 9.09. The maximum atomic E-state index is 12.9. The molecule has 0 amide bonds. The van der Waals surface area contributed by atoms with Crippen LogP contribution in [0.3, 0.4) is 0 Å². The molecule has 2 rings (SSSR count). The molecule has 1 heterocycles. The van der Waals surface area contributed by atoms with Gasteiger partial charge in [0.05, 0.1) is 18.6 Å². The van der Waals surface area contributed by atoms with Crippen molar-refractivity contribution in [3.63, 3.8) is 0 Å². The molecule has 0 bridgehead atoms. The van der Waals surface area contributed by atoms with Crippen LogP contribution < -0.4 is 0 Å². The van der Waals surface area contributed by atoms with Crippen LogP contribution in [0.5, 0.6) is 0 Å². The minimum absolute atomic E-state index is 0.325. The Hall–Kier alpha value is -1.42. The number of alkyl halides is 1. The summed E-state index contributed by atoms with van der Waals surface area (Å²) in [7, 11) is 0. The second-order valence-corrected chi connectivity index (χ2v) is 3.72. The Morgan fingerprint density at radius 2 is 1.81 bits per heavy atom. The van der Waals surface area contributed by atoms with Gasteiger partial charge in [0.1, 0.15) is 11.6 Å². The monoisotopic (exact) mass is 242 g/mol. The van der Waals surface area contributed by atoms with Gasteiger partial charge in [-0.15, -0.1) is 11.6 Å². The summed E-state index contributed by atoms with van der Waals surface area (Å²) >= 11 is 5.62. The Bertz CT molecular complexity index is 476. The lowest BCUT2D eigenvalue weighted by molar-refractivity contribution is 0.574. The summed E-state index contributed by atoms with van der Waals surface area (Å²) in [4.78, 5) is 0. The minimum Gasteiger partial charge on any atom is -0.268 e. The van der Waals surface area contributed by atoms with E-state index in [2.05, 4.69) is 5.10 Å². The van der Waals surface area contributed by atoms with Crippen LogP contribution in [0, 0.1) is 11.6 Å². The van der Waals surface area contributed by atoms with Crippen molar-refractivity contribution in [3.8, 4) is 0 Å². The Balaban J connectivity index is 2.19. The second-order valence-electron chi connectivity index (χ2n) is 3.46. The SMILES string of the molecule is Fc1cc(F)cc(Cn2cc(CCl)cn2)c1. The lowest BCUT2D eigenvalue weighted by Gasteiger charge is -2.02. The van der Waals surface area contributed by atoms with Crippen molar-refractivity contribution in [1.82, 2.24) is 9.78 Å². The van der Waals surface area contributed by atoms with E-state index in [4.69, 9.17) is 11.6 Å². The van der Waals surface area contributed by atoms with E-state index in [1.165, 1.54) is 12.1 Å². The molecular weight excluding hydrogens is 234 g/mol. The average molecular weight is 243 g/mol. The standard InChI is InChI=1S/C11H9ClF2N2/c12-4-9-5-15-16(7-9)6-8-1-10(13)3-11(14)2-8/h1-3,5,7H,4,6H2. The van der Waals surface area contributed by atoms with Gasteiger partial charge in [0, 0.05) is 17.8 Å². The minimum atomic E-state index is -0.584. The van der Waals surface area contributed by atoms with Gasteiger partial charge >= 0.3 is 0 Å². The molecule has 84 valence electrons. The lowest BCUT2D eigenvalue weighted by Crippen LogP contribution is -2.00. The fourth-order valence-electron chi connectivity index (χ4n) is 1.45. The van der Waals surface area contributed by atoms with Crippen molar-refractivity contribution < 1.29 is 8.78 Å². The first-order valence-electron chi connectivity index (χ1n) is 4.69. The molecule has 1 aromatic carbocycles. The van der Waals surface area contributed by atoms with Crippen LogP contribution in [0.25, 0.3) is 0 Å². The molecule has 0 aliphatic carbocycles. The van der Waals surface area contributed by atoms with Crippen molar-refractivity contribution in [2.75, 3.05) is 0 Å². The molecule has 5 heteroatoms. The van der Waals surface area contributed by atoms with Crippen LogP contribution in [-0.2, 0) is 12.4 Å². The highest BCUT2D eigenvalue weighted by Gasteiger charge is 2.03. The summed E-state index contributed by atoms with van der Waals surface area (Å²) in [5, 5.41) is 4.03. The summed E-state index contributed by atoms with van der Waals surface area (Å²) < 4.78 is 27.4. The van der Waals surface area contributed by atoms with Gasteiger partial charge in [-0.2, -0.15) is 5.10 Å². The highest BCUT2D eigenvalue weighted by molar-refractivity contribution is 6.17. The predicted octanol–water partition coefficient (Wildman–Crippen LogP) is 2.95. The molecule has 16 heavy (non-hydrogen) atoms. The molecule has 0 aliphatic heterocycles. The number of halogens is 3. The van der Waals surface area contributed by atoms with Crippen molar-refractivity contribution >= 4 is 11.6 Å². The van der Waals surface area contributed by atoms with Gasteiger partial charge in [0.15, 0.2) is 0 Å². The maximum absolute atomic E-state index is 12.9. The quantitative estimate of drug-likeness (QED) is 0.757. The van der Waals surface area contributed by atoms with Crippen LogP contribution in [0.2, 0.25) is 0 Å². The third-order valence-corrected chi connectivity index (χ3v) is 2.42. The van der Waals surface area contributed by atoms with Gasteiger partial charge < -0.3 is 0 Å². The maximum Gasteiger partial charge on any atom is 0.126 e. The molecule has 0 fully saturated rings. The number of aromatic nitrogens is 2. The van der Waals surface area contributed by atoms with E-state index in [-0.39, 0.29) is 0 Å². The molecule has 0 saturated heterocycles. The van der Waals surface area contributed by atoms with Gasteiger partial charge in [0.25, 0.3) is 0 Å². The highest BCUT2D eigenvalue weighted by Crippen LogP contribution is 2.10. The van der Waals surface area contributed by atoms with Gasteiger partial charge in [-0.25, -0.2) is 8.78 Å². The molecular formula is C11H9ClF2N2. The summed E-state index contributed by atoms with van der Waals surface area (Å²) in [6, 6.07) is 3.41. The predicted molar refractivity (Wildman–Crippen MR) is 57.2 cm³/mol. The van der Waals surface area contributed by atoms with Crippen LogP contribution in [0.15, 0.2) is 30.6 Å². The first-order valence-corrected chi connectivity index (χ1v) is 5.23. The second kappa shape index (κ2) is 4.61. The molecule has 0 radical (unpaired) electrons. The summed E-state index contributed by atoms with van der Waals surface area (Å²) in [6.45, 7) is 0.325.